The van der Waals surface area contributed by atoms with Gasteiger partial charge >= 0.3 is 5.97 Å². The number of ether oxygens (including phenoxy) is 1. The Kier molecular flexibility index (Phi) is 4.61. The molecule has 1 aromatic rings. The minimum absolute atomic E-state index is 0.261. The van der Waals surface area contributed by atoms with Crippen LogP contribution in [0.5, 0.6) is 0 Å². The number of esters is 1. The van der Waals surface area contributed by atoms with E-state index in [-0.39, 0.29) is 5.97 Å². The molecule has 2 rings (SSSR count). The van der Waals surface area contributed by atoms with E-state index in [0.29, 0.717) is 6.61 Å². The summed E-state index contributed by atoms with van der Waals surface area (Å²) in [5, 5.41) is 0. The molecule has 0 saturated heterocycles. The van der Waals surface area contributed by atoms with Gasteiger partial charge in [-0.25, -0.2) is 4.79 Å². The van der Waals surface area contributed by atoms with Crippen LogP contribution >= 0.6 is 0 Å². The topological polar surface area (TPSA) is 29.5 Å². The zero-order valence-electron chi connectivity index (χ0n) is 11.7. The summed E-state index contributed by atoms with van der Waals surface area (Å²) < 4.78 is 4.87. The summed E-state index contributed by atoms with van der Waals surface area (Å²) in [6.07, 6.45) is 5.72. The van der Waals surface area contributed by atoms with E-state index >= 15 is 0 Å². The van der Waals surface area contributed by atoms with Crippen LogP contribution in [0.15, 0.2) is 30.4 Å². The molecule has 0 fully saturated rings. The fourth-order valence-electron chi connectivity index (χ4n) is 2.46. The van der Waals surface area contributed by atoms with Crippen LogP contribution in [-0.2, 0) is 16.0 Å². The number of aryl methyl sites for hydroxylation is 2. The molecule has 0 atom stereocenters. The number of benzene rings is 1. The van der Waals surface area contributed by atoms with Gasteiger partial charge in [-0.1, -0.05) is 23.8 Å². The largest absolute Gasteiger partial charge is 0.463 e. The lowest BCUT2D eigenvalue weighted by Gasteiger charge is -2.30. The Morgan fingerprint density at radius 3 is 3.11 bits per heavy atom. The van der Waals surface area contributed by atoms with Crippen molar-refractivity contribution < 1.29 is 9.53 Å². The second-order valence-corrected chi connectivity index (χ2v) is 4.84. The number of carbonyl (C=O) groups excluding carboxylic acids is 1. The minimum atomic E-state index is -0.261. The SMILES string of the molecule is CCOC(=O)/C=C/CN1CCCc2cc(C)ccc21. The zero-order chi connectivity index (χ0) is 13.7. The van der Waals surface area contributed by atoms with Crippen LogP contribution in [0.2, 0.25) is 0 Å². The molecular weight excluding hydrogens is 238 g/mol. The molecule has 1 aliphatic rings. The van der Waals surface area contributed by atoms with E-state index in [1.807, 2.05) is 13.0 Å². The highest BCUT2D eigenvalue weighted by Gasteiger charge is 2.15. The third kappa shape index (κ3) is 3.60. The molecule has 0 radical (unpaired) electrons. The van der Waals surface area contributed by atoms with Crippen molar-refractivity contribution >= 4 is 11.7 Å². The molecule has 0 saturated carbocycles. The Hall–Kier alpha value is -1.77. The van der Waals surface area contributed by atoms with Crippen LogP contribution in [0.1, 0.15) is 24.5 Å². The number of anilines is 1. The highest BCUT2D eigenvalue weighted by Crippen LogP contribution is 2.27. The summed E-state index contributed by atoms with van der Waals surface area (Å²) in [5.41, 5.74) is 4.02. The highest BCUT2D eigenvalue weighted by molar-refractivity contribution is 5.82. The smallest absolute Gasteiger partial charge is 0.330 e. The quantitative estimate of drug-likeness (QED) is 0.615. The van der Waals surface area contributed by atoms with Gasteiger partial charge < -0.3 is 9.64 Å². The molecule has 1 aromatic carbocycles. The summed E-state index contributed by atoms with van der Waals surface area (Å²) in [7, 11) is 0. The Morgan fingerprint density at radius 1 is 1.47 bits per heavy atom. The second-order valence-electron chi connectivity index (χ2n) is 4.84. The van der Waals surface area contributed by atoms with Gasteiger partial charge in [-0.15, -0.1) is 0 Å². The van der Waals surface area contributed by atoms with E-state index in [0.717, 1.165) is 19.5 Å². The molecule has 0 aromatic heterocycles. The molecule has 1 heterocycles. The molecule has 1 aliphatic heterocycles. The summed E-state index contributed by atoms with van der Waals surface area (Å²) >= 11 is 0. The van der Waals surface area contributed by atoms with Crippen LogP contribution in [0.25, 0.3) is 0 Å². The zero-order valence-corrected chi connectivity index (χ0v) is 11.7. The van der Waals surface area contributed by atoms with E-state index in [4.69, 9.17) is 4.74 Å². The predicted octanol–water partition coefficient (Wildman–Crippen LogP) is 2.87. The van der Waals surface area contributed by atoms with E-state index < -0.39 is 0 Å². The second kappa shape index (κ2) is 6.41. The van der Waals surface area contributed by atoms with Crippen molar-refractivity contribution in [3.63, 3.8) is 0 Å². The lowest BCUT2D eigenvalue weighted by molar-refractivity contribution is -0.137. The Bertz CT molecular complexity index is 480. The van der Waals surface area contributed by atoms with Crippen LogP contribution < -0.4 is 4.90 Å². The monoisotopic (exact) mass is 259 g/mol. The number of fused-ring (bicyclic) bond motifs is 1. The van der Waals surface area contributed by atoms with Crippen LogP contribution in [0, 0.1) is 6.92 Å². The van der Waals surface area contributed by atoms with Gasteiger partial charge in [0.2, 0.25) is 0 Å². The molecular formula is C16H21NO2. The first-order valence-electron chi connectivity index (χ1n) is 6.88. The van der Waals surface area contributed by atoms with Crippen molar-refractivity contribution in [1.29, 1.82) is 0 Å². The van der Waals surface area contributed by atoms with Gasteiger partial charge in [-0.3, -0.25) is 0 Å². The van der Waals surface area contributed by atoms with Gasteiger partial charge in [0.25, 0.3) is 0 Å². The molecule has 3 heteroatoms. The van der Waals surface area contributed by atoms with Crippen molar-refractivity contribution in [1.82, 2.24) is 0 Å². The number of hydrogen-bond acceptors (Lipinski definition) is 3. The first-order chi connectivity index (χ1) is 9.20. The highest BCUT2D eigenvalue weighted by atomic mass is 16.5. The van der Waals surface area contributed by atoms with Gasteiger partial charge in [-0.05, 0) is 38.3 Å². The van der Waals surface area contributed by atoms with Crippen molar-refractivity contribution in [2.24, 2.45) is 0 Å². The van der Waals surface area contributed by atoms with Crippen molar-refractivity contribution in [3.05, 3.63) is 41.5 Å². The standard InChI is InChI=1S/C16H21NO2/c1-3-19-16(18)7-5-11-17-10-4-6-14-12-13(2)8-9-15(14)17/h5,7-9,12H,3-4,6,10-11H2,1-2H3/b7-5+. The van der Waals surface area contributed by atoms with Gasteiger partial charge in [0.15, 0.2) is 0 Å². The Balaban J connectivity index is 2.02. The number of carbonyl (C=O) groups is 1. The van der Waals surface area contributed by atoms with Crippen LogP contribution in [0.3, 0.4) is 0 Å². The third-order valence-electron chi connectivity index (χ3n) is 3.32. The first kappa shape index (κ1) is 13.7. The molecule has 0 N–H and O–H groups in total. The average molecular weight is 259 g/mol. The molecule has 19 heavy (non-hydrogen) atoms. The molecule has 0 aliphatic carbocycles. The summed E-state index contributed by atoms with van der Waals surface area (Å²) in [4.78, 5) is 13.6. The lowest BCUT2D eigenvalue weighted by Crippen LogP contribution is -2.29. The third-order valence-corrected chi connectivity index (χ3v) is 3.32. The Morgan fingerprint density at radius 2 is 2.32 bits per heavy atom. The number of nitrogens with zero attached hydrogens (tertiary/aromatic N) is 1. The molecule has 0 spiro atoms. The van der Waals surface area contributed by atoms with E-state index in [9.17, 15) is 4.79 Å². The van der Waals surface area contributed by atoms with Gasteiger partial charge in [0.1, 0.15) is 0 Å². The van der Waals surface area contributed by atoms with Gasteiger partial charge in [0, 0.05) is 24.9 Å². The maximum Gasteiger partial charge on any atom is 0.330 e. The Labute approximate surface area is 114 Å². The number of hydrogen-bond donors (Lipinski definition) is 0. The first-order valence-corrected chi connectivity index (χ1v) is 6.88. The fourth-order valence-corrected chi connectivity index (χ4v) is 2.46. The van der Waals surface area contributed by atoms with Gasteiger partial charge in [0.05, 0.1) is 6.61 Å². The maximum atomic E-state index is 11.2. The van der Waals surface area contributed by atoms with E-state index in [1.165, 1.54) is 29.3 Å². The fraction of sp³-hybridized carbons (Fsp3) is 0.438. The van der Waals surface area contributed by atoms with E-state index in [2.05, 4.69) is 30.0 Å². The van der Waals surface area contributed by atoms with Crippen LogP contribution in [0.4, 0.5) is 5.69 Å². The molecule has 102 valence electrons. The summed E-state index contributed by atoms with van der Waals surface area (Å²) in [6.45, 7) is 6.17. The summed E-state index contributed by atoms with van der Waals surface area (Å²) in [6, 6.07) is 6.59. The van der Waals surface area contributed by atoms with Crippen molar-refractivity contribution in [2.75, 3.05) is 24.6 Å². The molecule has 0 bridgehead atoms. The normalized spacial score (nSPS) is 14.5. The average Bonchev–Trinajstić information content (AvgIpc) is 2.39. The molecule has 3 nitrogen and oxygen atoms in total. The molecule has 0 amide bonds. The maximum absolute atomic E-state index is 11.2. The minimum Gasteiger partial charge on any atom is -0.463 e. The summed E-state index contributed by atoms with van der Waals surface area (Å²) in [5.74, 6) is -0.261. The predicted molar refractivity (Wildman–Crippen MR) is 77.5 cm³/mol. The van der Waals surface area contributed by atoms with Crippen molar-refractivity contribution in [2.45, 2.75) is 26.7 Å². The number of rotatable bonds is 4. The van der Waals surface area contributed by atoms with Crippen molar-refractivity contribution in [3.8, 4) is 0 Å². The van der Waals surface area contributed by atoms with Crippen LogP contribution in [-0.4, -0.2) is 25.7 Å². The van der Waals surface area contributed by atoms with Gasteiger partial charge in [-0.2, -0.15) is 0 Å². The van der Waals surface area contributed by atoms with E-state index in [1.54, 1.807) is 0 Å². The molecule has 0 unspecified atom stereocenters. The lowest BCUT2D eigenvalue weighted by atomic mass is 9.99.